The summed E-state index contributed by atoms with van der Waals surface area (Å²) in [6.45, 7) is 1.92. The lowest BCUT2D eigenvalue weighted by Crippen LogP contribution is -1.94. The smallest absolute Gasteiger partial charge is 0.145 e. The van der Waals surface area contributed by atoms with Crippen molar-refractivity contribution in [2.45, 2.75) is 6.92 Å². The Hall–Kier alpha value is -1.25. The van der Waals surface area contributed by atoms with Crippen molar-refractivity contribution in [3.63, 3.8) is 0 Å². The molecule has 1 heterocycles. The summed E-state index contributed by atoms with van der Waals surface area (Å²) in [5.41, 5.74) is 2.39. The van der Waals surface area contributed by atoms with Crippen LogP contribution in [0.25, 0.3) is 11.3 Å². The molecule has 1 aromatic carbocycles. The first-order valence-corrected chi connectivity index (χ1v) is 5.85. The van der Waals surface area contributed by atoms with Gasteiger partial charge in [-0.15, -0.1) is 0 Å². The average Bonchev–Trinajstić information content (AvgIpc) is 2.33. The predicted octanol–water partition coefficient (Wildman–Crippen LogP) is 4.37. The monoisotopic (exact) mass is 267 g/mol. The Morgan fingerprint density at radius 2 is 1.88 bits per heavy atom. The zero-order chi connectivity index (χ0) is 12.4. The second-order valence-electron chi connectivity index (χ2n) is 3.60. The second-order valence-corrected chi connectivity index (χ2v) is 4.39. The number of halogens is 2. The van der Waals surface area contributed by atoms with E-state index in [2.05, 4.69) is 4.98 Å². The molecule has 0 saturated carbocycles. The molecular formula is C13H11Cl2NO. The summed E-state index contributed by atoms with van der Waals surface area (Å²) in [6, 6.07) is 9.22. The maximum atomic E-state index is 6.18. The zero-order valence-corrected chi connectivity index (χ0v) is 11.0. The van der Waals surface area contributed by atoms with Crippen molar-refractivity contribution in [2.75, 3.05) is 7.11 Å². The van der Waals surface area contributed by atoms with Crippen LogP contribution in [0.1, 0.15) is 5.69 Å². The fourth-order valence-corrected chi connectivity index (χ4v) is 1.98. The first kappa shape index (κ1) is 12.2. The van der Waals surface area contributed by atoms with Gasteiger partial charge in [0.05, 0.1) is 17.2 Å². The van der Waals surface area contributed by atoms with E-state index < -0.39 is 0 Å². The Morgan fingerprint density at radius 3 is 2.59 bits per heavy atom. The van der Waals surface area contributed by atoms with E-state index in [4.69, 9.17) is 27.9 Å². The van der Waals surface area contributed by atoms with Gasteiger partial charge in [-0.1, -0.05) is 35.3 Å². The van der Waals surface area contributed by atoms with Crippen LogP contribution < -0.4 is 4.74 Å². The quantitative estimate of drug-likeness (QED) is 0.806. The molecule has 0 aliphatic rings. The lowest BCUT2D eigenvalue weighted by atomic mass is 10.1. The molecule has 0 aliphatic heterocycles. The minimum atomic E-state index is 0.491. The van der Waals surface area contributed by atoms with Crippen LogP contribution in [0.5, 0.6) is 5.75 Å². The van der Waals surface area contributed by atoms with Crippen LogP contribution in [0.3, 0.4) is 0 Å². The highest BCUT2D eigenvalue weighted by atomic mass is 35.5. The number of aromatic nitrogens is 1. The van der Waals surface area contributed by atoms with E-state index in [0.717, 1.165) is 11.3 Å². The Balaban J connectivity index is 2.67. The number of nitrogens with zero attached hydrogens (tertiary/aromatic N) is 1. The molecule has 0 aliphatic carbocycles. The molecule has 0 amide bonds. The van der Waals surface area contributed by atoms with Gasteiger partial charge in [-0.2, -0.15) is 0 Å². The van der Waals surface area contributed by atoms with Crippen LogP contribution in [-0.4, -0.2) is 12.1 Å². The molecule has 2 aromatic rings. The minimum Gasteiger partial charge on any atom is -0.494 e. The van der Waals surface area contributed by atoms with Gasteiger partial charge in [-0.3, -0.25) is 0 Å². The fourth-order valence-electron chi connectivity index (χ4n) is 1.59. The van der Waals surface area contributed by atoms with Gasteiger partial charge in [0.1, 0.15) is 11.4 Å². The van der Waals surface area contributed by atoms with Crippen LogP contribution in [0, 0.1) is 6.92 Å². The predicted molar refractivity (Wildman–Crippen MR) is 71.0 cm³/mol. The third-order valence-corrected chi connectivity index (χ3v) is 3.24. The molecule has 4 heteroatoms. The van der Waals surface area contributed by atoms with E-state index in [0.29, 0.717) is 21.5 Å². The molecule has 88 valence electrons. The van der Waals surface area contributed by atoms with Gasteiger partial charge in [-0.25, -0.2) is 4.98 Å². The molecule has 2 nitrogen and oxygen atoms in total. The number of aryl methyl sites for hydroxylation is 1. The van der Waals surface area contributed by atoms with Gasteiger partial charge in [0, 0.05) is 11.3 Å². The Bertz CT molecular complexity index is 555. The number of hydrogen-bond acceptors (Lipinski definition) is 2. The highest BCUT2D eigenvalue weighted by molar-refractivity contribution is 6.43. The van der Waals surface area contributed by atoms with Gasteiger partial charge in [0.15, 0.2) is 0 Å². The van der Waals surface area contributed by atoms with Crippen molar-refractivity contribution in [3.05, 3.63) is 46.1 Å². The van der Waals surface area contributed by atoms with Crippen LogP contribution in [0.15, 0.2) is 30.3 Å². The minimum absolute atomic E-state index is 0.491. The third-order valence-electron chi connectivity index (χ3n) is 2.42. The van der Waals surface area contributed by atoms with Crippen LogP contribution in [0.2, 0.25) is 10.0 Å². The van der Waals surface area contributed by atoms with Gasteiger partial charge in [-0.05, 0) is 25.1 Å². The first-order chi connectivity index (χ1) is 8.13. The van der Waals surface area contributed by atoms with Crippen LogP contribution in [-0.2, 0) is 0 Å². The van der Waals surface area contributed by atoms with Crippen LogP contribution in [0.4, 0.5) is 0 Å². The van der Waals surface area contributed by atoms with Gasteiger partial charge in [0.2, 0.25) is 0 Å². The van der Waals surface area contributed by atoms with Crippen molar-refractivity contribution in [1.29, 1.82) is 0 Å². The Labute approximate surface area is 110 Å². The van der Waals surface area contributed by atoms with Crippen molar-refractivity contribution in [3.8, 4) is 17.0 Å². The highest BCUT2D eigenvalue weighted by Gasteiger charge is 2.13. The maximum absolute atomic E-state index is 6.18. The van der Waals surface area contributed by atoms with E-state index in [-0.39, 0.29) is 0 Å². The summed E-state index contributed by atoms with van der Waals surface area (Å²) in [5.74, 6) is 0.680. The molecule has 1 aromatic heterocycles. The molecule has 0 atom stereocenters. The van der Waals surface area contributed by atoms with Gasteiger partial charge < -0.3 is 4.74 Å². The molecule has 0 saturated heterocycles. The number of methoxy groups -OCH3 is 1. The Kier molecular flexibility index (Phi) is 3.55. The Morgan fingerprint density at radius 1 is 1.12 bits per heavy atom. The second kappa shape index (κ2) is 4.94. The van der Waals surface area contributed by atoms with Crippen molar-refractivity contribution < 1.29 is 4.74 Å². The summed E-state index contributed by atoms with van der Waals surface area (Å²) in [6.07, 6.45) is 0. The maximum Gasteiger partial charge on any atom is 0.145 e. The standard InChI is InChI=1S/C13H11Cl2NO/c1-8-6-7-11(17-2)13(16-8)9-4-3-5-10(14)12(9)15/h3-7H,1-2H3. The van der Waals surface area contributed by atoms with E-state index in [9.17, 15) is 0 Å². The number of rotatable bonds is 2. The number of benzene rings is 1. The number of ether oxygens (including phenoxy) is 1. The SMILES string of the molecule is COc1ccc(C)nc1-c1cccc(Cl)c1Cl. The van der Waals surface area contributed by atoms with Crippen molar-refractivity contribution in [2.24, 2.45) is 0 Å². The summed E-state index contributed by atoms with van der Waals surface area (Å²) in [7, 11) is 1.61. The summed E-state index contributed by atoms with van der Waals surface area (Å²) in [4.78, 5) is 4.45. The first-order valence-electron chi connectivity index (χ1n) is 5.09. The van der Waals surface area contributed by atoms with E-state index in [1.165, 1.54) is 0 Å². The summed E-state index contributed by atoms with van der Waals surface area (Å²) >= 11 is 12.2. The zero-order valence-electron chi connectivity index (χ0n) is 9.50. The fraction of sp³-hybridized carbons (Fsp3) is 0.154. The molecule has 17 heavy (non-hydrogen) atoms. The third kappa shape index (κ3) is 2.38. The van der Waals surface area contributed by atoms with E-state index >= 15 is 0 Å². The molecule has 0 radical (unpaired) electrons. The average molecular weight is 268 g/mol. The molecule has 0 unspecified atom stereocenters. The van der Waals surface area contributed by atoms with Crippen LogP contribution >= 0.6 is 23.2 Å². The topological polar surface area (TPSA) is 22.1 Å². The molecule has 0 bridgehead atoms. The normalized spacial score (nSPS) is 10.4. The molecule has 0 fully saturated rings. The van der Waals surface area contributed by atoms with E-state index in [1.54, 1.807) is 13.2 Å². The van der Waals surface area contributed by atoms with E-state index in [1.807, 2.05) is 31.2 Å². The van der Waals surface area contributed by atoms with Gasteiger partial charge >= 0.3 is 0 Å². The van der Waals surface area contributed by atoms with Crippen molar-refractivity contribution >= 4 is 23.2 Å². The van der Waals surface area contributed by atoms with Gasteiger partial charge in [0.25, 0.3) is 0 Å². The number of pyridine rings is 1. The largest absolute Gasteiger partial charge is 0.494 e. The molecule has 0 N–H and O–H groups in total. The molecule has 0 spiro atoms. The molecule has 2 rings (SSSR count). The highest BCUT2D eigenvalue weighted by Crippen LogP contribution is 2.36. The molecular weight excluding hydrogens is 257 g/mol. The lowest BCUT2D eigenvalue weighted by Gasteiger charge is -2.10. The number of hydrogen-bond donors (Lipinski definition) is 0. The summed E-state index contributed by atoms with van der Waals surface area (Å²) in [5, 5.41) is 1.00. The van der Waals surface area contributed by atoms with Crippen molar-refractivity contribution in [1.82, 2.24) is 4.98 Å². The summed E-state index contributed by atoms with van der Waals surface area (Å²) < 4.78 is 5.29. The lowest BCUT2D eigenvalue weighted by molar-refractivity contribution is 0.414.